The highest BCUT2D eigenvalue weighted by molar-refractivity contribution is 7.80. The highest BCUT2D eigenvalue weighted by Crippen LogP contribution is 2.21. The maximum absolute atomic E-state index is 5.96. The first-order valence-corrected chi connectivity index (χ1v) is 10.8. The Morgan fingerprint density at radius 2 is 1.58 bits per heavy atom. The van der Waals surface area contributed by atoms with Crippen LogP contribution in [-0.4, -0.2) is 17.9 Å². The quantitative estimate of drug-likeness (QED) is 0.162. The lowest BCUT2D eigenvalue weighted by atomic mass is 10.1. The molecule has 0 saturated heterocycles. The zero-order valence-electron chi connectivity index (χ0n) is 15.7. The number of unbranched alkanes of at least 4 members (excludes halogenated alkanes) is 9. The molecule has 0 saturated carbocycles. The third kappa shape index (κ3) is 11.7. The molecule has 0 unspecified atom stereocenters. The van der Waals surface area contributed by atoms with Gasteiger partial charge in [-0.15, -0.1) is 0 Å². The smallest absolute Gasteiger partial charge is 0.186 e. The van der Waals surface area contributed by atoms with E-state index in [4.69, 9.17) is 35.4 Å². The predicted octanol–water partition coefficient (Wildman–Crippen LogP) is 6.71. The maximum Gasteiger partial charge on any atom is 0.186 e. The van der Waals surface area contributed by atoms with Gasteiger partial charge in [0.2, 0.25) is 0 Å². The van der Waals surface area contributed by atoms with Crippen LogP contribution in [0.4, 0.5) is 0 Å². The van der Waals surface area contributed by atoms with Gasteiger partial charge in [-0.05, 0) is 36.3 Å². The number of benzene rings is 1. The van der Waals surface area contributed by atoms with Crippen molar-refractivity contribution in [3.63, 3.8) is 0 Å². The van der Waals surface area contributed by atoms with Crippen molar-refractivity contribution in [2.45, 2.75) is 71.1 Å². The Bertz CT molecular complexity index is 550. The van der Waals surface area contributed by atoms with E-state index in [0.717, 1.165) is 18.5 Å². The minimum absolute atomic E-state index is 0.511. The summed E-state index contributed by atoms with van der Waals surface area (Å²) >= 11 is 17.0. The van der Waals surface area contributed by atoms with E-state index >= 15 is 0 Å². The van der Waals surface area contributed by atoms with Crippen molar-refractivity contribution in [2.24, 2.45) is 5.10 Å². The fourth-order valence-electron chi connectivity index (χ4n) is 2.61. The largest absolute Gasteiger partial charge is 0.361 e. The van der Waals surface area contributed by atoms with E-state index in [0.29, 0.717) is 15.2 Å². The van der Waals surface area contributed by atoms with Crippen LogP contribution in [-0.2, 0) is 0 Å². The minimum Gasteiger partial charge on any atom is -0.361 e. The molecule has 0 aliphatic carbocycles. The fourth-order valence-corrected chi connectivity index (χ4v) is 3.07. The molecule has 0 heterocycles. The number of nitrogens with zero attached hydrogens (tertiary/aromatic N) is 1. The first-order valence-electron chi connectivity index (χ1n) is 9.65. The highest BCUT2D eigenvalue weighted by Gasteiger charge is 1.98. The van der Waals surface area contributed by atoms with Crippen molar-refractivity contribution >= 4 is 46.7 Å². The normalized spacial score (nSPS) is 11.0. The van der Waals surface area contributed by atoms with Crippen molar-refractivity contribution in [2.75, 3.05) is 6.54 Å². The lowest BCUT2D eigenvalue weighted by Crippen LogP contribution is -2.32. The SMILES string of the molecule is CCCCCCCCCCCCNC(=S)N/N=C/c1ccc(Cl)c(Cl)c1. The van der Waals surface area contributed by atoms with Gasteiger partial charge in [-0.3, -0.25) is 5.43 Å². The summed E-state index contributed by atoms with van der Waals surface area (Å²) in [5.74, 6) is 0. The molecule has 1 aromatic rings. The van der Waals surface area contributed by atoms with Crippen LogP contribution in [0.15, 0.2) is 23.3 Å². The van der Waals surface area contributed by atoms with Gasteiger partial charge in [0, 0.05) is 6.54 Å². The van der Waals surface area contributed by atoms with E-state index in [1.807, 2.05) is 6.07 Å². The third-order valence-corrected chi connectivity index (χ3v) is 5.11. The Labute approximate surface area is 173 Å². The summed E-state index contributed by atoms with van der Waals surface area (Å²) in [6.07, 6.45) is 15.0. The molecule has 1 aromatic carbocycles. The second kappa shape index (κ2) is 15.2. The highest BCUT2D eigenvalue weighted by atomic mass is 35.5. The van der Waals surface area contributed by atoms with E-state index in [-0.39, 0.29) is 0 Å². The van der Waals surface area contributed by atoms with E-state index < -0.39 is 0 Å². The molecule has 2 N–H and O–H groups in total. The number of thiocarbonyl (C=S) groups is 1. The van der Waals surface area contributed by atoms with E-state index in [1.54, 1.807) is 18.3 Å². The van der Waals surface area contributed by atoms with E-state index in [2.05, 4.69) is 22.8 Å². The van der Waals surface area contributed by atoms with Crippen molar-refractivity contribution < 1.29 is 0 Å². The molecular weight excluding hydrogens is 385 g/mol. The van der Waals surface area contributed by atoms with Gasteiger partial charge in [-0.1, -0.05) is 94.0 Å². The minimum atomic E-state index is 0.511. The van der Waals surface area contributed by atoms with Crippen molar-refractivity contribution in [1.82, 2.24) is 10.7 Å². The van der Waals surface area contributed by atoms with Gasteiger partial charge in [-0.25, -0.2) is 0 Å². The second-order valence-electron chi connectivity index (χ2n) is 6.48. The number of halogens is 2. The van der Waals surface area contributed by atoms with Gasteiger partial charge >= 0.3 is 0 Å². The Hall–Kier alpha value is -0.840. The van der Waals surface area contributed by atoms with Crippen molar-refractivity contribution in [3.8, 4) is 0 Å². The van der Waals surface area contributed by atoms with Crippen LogP contribution in [0.25, 0.3) is 0 Å². The summed E-state index contributed by atoms with van der Waals surface area (Å²) in [6, 6.07) is 5.35. The lowest BCUT2D eigenvalue weighted by Gasteiger charge is -2.07. The molecule has 26 heavy (non-hydrogen) atoms. The van der Waals surface area contributed by atoms with Gasteiger partial charge in [0.1, 0.15) is 0 Å². The fraction of sp³-hybridized carbons (Fsp3) is 0.600. The molecule has 0 atom stereocenters. The molecule has 146 valence electrons. The average molecular weight is 416 g/mol. The number of hydrogen-bond acceptors (Lipinski definition) is 2. The molecular formula is C20H31Cl2N3S. The Morgan fingerprint density at radius 1 is 0.962 bits per heavy atom. The first-order chi connectivity index (χ1) is 12.6. The first kappa shape index (κ1) is 23.2. The predicted molar refractivity (Wildman–Crippen MR) is 120 cm³/mol. The molecule has 0 spiro atoms. The van der Waals surface area contributed by atoms with Crippen LogP contribution in [0, 0.1) is 0 Å². The Kier molecular flexibility index (Phi) is 13.6. The van der Waals surface area contributed by atoms with Crippen molar-refractivity contribution in [3.05, 3.63) is 33.8 Å². The Morgan fingerprint density at radius 3 is 2.19 bits per heavy atom. The third-order valence-electron chi connectivity index (χ3n) is 4.14. The molecule has 0 aliphatic heterocycles. The van der Waals surface area contributed by atoms with Crippen LogP contribution in [0.1, 0.15) is 76.7 Å². The monoisotopic (exact) mass is 415 g/mol. The molecule has 6 heteroatoms. The number of hydrogen-bond donors (Lipinski definition) is 2. The second-order valence-corrected chi connectivity index (χ2v) is 7.70. The van der Waals surface area contributed by atoms with Crippen LogP contribution in [0.2, 0.25) is 10.0 Å². The lowest BCUT2D eigenvalue weighted by molar-refractivity contribution is 0.554. The summed E-state index contributed by atoms with van der Waals surface area (Å²) in [5.41, 5.74) is 3.68. The molecule has 0 aromatic heterocycles. The molecule has 0 fully saturated rings. The van der Waals surface area contributed by atoms with Crippen LogP contribution in [0.5, 0.6) is 0 Å². The van der Waals surface area contributed by atoms with Gasteiger partial charge in [0.25, 0.3) is 0 Å². The number of nitrogens with one attached hydrogen (secondary N) is 2. The van der Waals surface area contributed by atoms with Gasteiger partial charge in [-0.2, -0.15) is 5.10 Å². The van der Waals surface area contributed by atoms with Gasteiger partial charge < -0.3 is 5.32 Å². The summed E-state index contributed by atoms with van der Waals surface area (Å²) in [7, 11) is 0. The molecule has 3 nitrogen and oxygen atoms in total. The molecule has 0 bridgehead atoms. The van der Waals surface area contributed by atoms with Crippen LogP contribution >= 0.6 is 35.4 Å². The van der Waals surface area contributed by atoms with Crippen molar-refractivity contribution in [1.29, 1.82) is 0 Å². The topological polar surface area (TPSA) is 36.4 Å². The number of rotatable bonds is 13. The van der Waals surface area contributed by atoms with Crippen LogP contribution < -0.4 is 10.7 Å². The summed E-state index contributed by atoms with van der Waals surface area (Å²) in [5, 5.41) is 8.86. The summed E-state index contributed by atoms with van der Waals surface area (Å²) in [4.78, 5) is 0. The maximum atomic E-state index is 5.96. The zero-order chi connectivity index (χ0) is 19.0. The molecule has 0 aliphatic rings. The zero-order valence-corrected chi connectivity index (χ0v) is 18.0. The summed E-state index contributed by atoms with van der Waals surface area (Å²) in [6.45, 7) is 3.14. The van der Waals surface area contributed by atoms with E-state index in [1.165, 1.54) is 57.8 Å². The van der Waals surface area contributed by atoms with E-state index in [9.17, 15) is 0 Å². The molecule has 0 radical (unpaired) electrons. The molecule has 0 amide bonds. The average Bonchev–Trinajstić information content (AvgIpc) is 2.62. The molecule has 1 rings (SSSR count). The van der Waals surface area contributed by atoms with Crippen LogP contribution in [0.3, 0.4) is 0 Å². The standard InChI is InChI=1S/C20H31Cl2N3S/c1-2-3-4-5-6-7-8-9-10-11-14-23-20(26)25-24-16-17-12-13-18(21)19(22)15-17/h12-13,15-16H,2-11,14H2,1H3,(H2,23,25,26)/b24-16+. The Balaban J connectivity index is 1.98. The summed E-state index contributed by atoms with van der Waals surface area (Å²) < 4.78 is 0. The van der Waals surface area contributed by atoms with Gasteiger partial charge in [0.15, 0.2) is 5.11 Å². The number of hydrazone groups is 1. The van der Waals surface area contributed by atoms with Gasteiger partial charge in [0.05, 0.1) is 16.3 Å².